The minimum absolute atomic E-state index is 0.128. The summed E-state index contributed by atoms with van der Waals surface area (Å²) in [6, 6.07) is 11.8. The Balaban J connectivity index is 1.75. The van der Waals surface area contributed by atoms with Gasteiger partial charge in [-0.1, -0.05) is 34.1 Å². The lowest BCUT2D eigenvalue weighted by Crippen LogP contribution is -2.37. The van der Waals surface area contributed by atoms with E-state index in [1.807, 2.05) is 25.1 Å². The molecule has 6 nitrogen and oxygen atoms in total. The van der Waals surface area contributed by atoms with E-state index in [4.69, 9.17) is 0 Å². The molecule has 0 bridgehead atoms. The van der Waals surface area contributed by atoms with E-state index in [0.29, 0.717) is 29.6 Å². The molecular formula is C22H24BrFN4O2. The molecule has 0 unspecified atom stereocenters. The van der Waals surface area contributed by atoms with E-state index in [1.165, 1.54) is 17.0 Å². The minimum Gasteiger partial charge on any atom is -0.337 e. The molecule has 1 aromatic heterocycles. The van der Waals surface area contributed by atoms with E-state index in [-0.39, 0.29) is 36.8 Å². The average Bonchev–Trinajstić information content (AvgIpc) is 2.72. The number of amides is 1. The summed E-state index contributed by atoms with van der Waals surface area (Å²) in [4.78, 5) is 33.6. The number of rotatable bonds is 8. The monoisotopic (exact) mass is 474 g/mol. The molecular weight excluding hydrogens is 451 g/mol. The number of hydrogen-bond donors (Lipinski definition) is 0. The second-order valence-electron chi connectivity index (χ2n) is 7.36. The first kappa shape index (κ1) is 22.1. The van der Waals surface area contributed by atoms with Crippen molar-refractivity contribution >= 4 is 32.7 Å². The number of likely N-dealkylation sites (N-methyl/N-ethyl adjacent to an activating group) is 1. The third-order valence-corrected chi connectivity index (χ3v) is 5.33. The number of fused-ring (bicyclic) bond motifs is 1. The van der Waals surface area contributed by atoms with Crippen LogP contribution in [0, 0.1) is 5.82 Å². The van der Waals surface area contributed by atoms with Gasteiger partial charge in [0.2, 0.25) is 5.91 Å². The fraction of sp³-hybridized carbons (Fsp3) is 0.318. The summed E-state index contributed by atoms with van der Waals surface area (Å²) >= 11 is 3.37. The van der Waals surface area contributed by atoms with E-state index in [9.17, 15) is 14.0 Å². The first-order valence-corrected chi connectivity index (χ1v) is 10.4. The molecule has 1 amide bonds. The Bertz CT molecular complexity index is 1100. The smallest absolute Gasteiger partial charge is 0.261 e. The molecule has 0 aliphatic carbocycles. The zero-order valence-electron chi connectivity index (χ0n) is 17.0. The van der Waals surface area contributed by atoms with Crippen molar-refractivity contribution < 1.29 is 9.18 Å². The number of aryl methyl sites for hydroxylation is 1. The molecule has 0 aliphatic heterocycles. The maximum Gasteiger partial charge on any atom is 0.261 e. The lowest BCUT2D eigenvalue weighted by molar-refractivity contribution is -0.132. The molecule has 0 N–H and O–H groups in total. The van der Waals surface area contributed by atoms with Crippen LogP contribution in [0.15, 0.2) is 58.1 Å². The standard InChI is InChI=1S/C22H24BrFN4O2/c1-26(2)11-12-27(14-16-5-3-4-6-19(16)24)21(29)9-10-28-15-25-20-8-7-17(23)13-18(20)22(28)30/h3-8,13,15H,9-12,14H2,1-2H3. The normalized spacial score (nSPS) is 11.2. The largest absolute Gasteiger partial charge is 0.337 e. The van der Waals surface area contributed by atoms with Gasteiger partial charge in [0, 0.05) is 42.6 Å². The quantitative estimate of drug-likeness (QED) is 0.502. The van der Waals surface area contributed by atoms with Crippen LogP contribution in [-0.2, 0) is 17.9 Å². The van der Waals surface area contributed by atoms with Crippen LogP contribution in [0.3, 0.4) is 0 Å². The Morgan fingerprint density at radius 2 is 1.93 bits per heavy atom. The van der Waals surface area contributed by atoms with Crippen LogP contribution in [0.1, 0.15) is 12.0 Å². The maximum atomic E-state index is 14.1. The number of halogens is 2. The Kier molecular flexibility index (Phi) is 7.33. The Hall–Kier alpha value is -2.58. The van der Waals surface area contributed by atoms with Crippen molar-refractivity contribution in [2.24, 2.45) is 0 Å². The summed E-state index contributed by atoms with van der Waals surface area (Å²) in [5.41, 5.74) is 0.889. The second-order valence-corrected chi connectivity index (χ2v) is 8.28. The van der Waals surface area contributed by atoms with Crippen LogP contribution in [0.25, 0.3) is 10.9 Å². The number of hydrogen-bond acceptors (Lipinski definition) is 4. The predicted molar refractivity (Wildman–Crippen MR) is 119 cm³/mol. The van der Waals surface area contributed by atoms with Crippen LogP contribution in [0.2, 0.25) is 0 Å². The van der Waals surface area contributed by atoms with Gasteiger partial charge in [0.15, 0.2) is 0 Å². The molecule has 0 saturated carbocycles. The van der Waals surface area contributed by atoms with Gasteiger partial charge in [0.25, 0.3) is 5.56 Å². The molecule has 0 atom stereocenters. The molecule has 0 saturated heterocycles. The molecule has 0 fully saturated rings. The van der Waals surface area contributed by atoms with Crippen LogP contribution in [-0.4, -0.2) is 52.4 Å². The molecule has 8 heteroatoms. The Labute approximate surface area is 183 Å². The maximum absolute atomic E-state index is 14.1. The number of carbonyl (C=O) groups is 1. The predicted octanol–water partition coefficient (Wildman–Crippen LogP) is 3.28. The SMILES string of the molecule is CN(C)CCN(Cc1ccccc1F)C(=O)CCn1cnc2ccc(Br)cc2c1=O. The summed E-state index contributed by atoms with van der Waals surface area (Å²) in [6.45, 7) is 1.53. The van der Waals surface area contributed by atoms with Crippen molar-refractivity contribution in [1.82, 2.24) is 19.4 Å². The van der Waals surface area contributed by atoms with Gasteiger partial charge < -0.3 is 9.80 Å². The average molecular weight is 475 g/mol. The van der Waals surface area contributed by atoms with Gasteiger partial charge in [-0.05, 0) is 38.4 Å². The van der Waals surface area contributed by atoms with Crippen molar-refractivity contribution in [3.63, 3.8) is 0 Å². The Morgan fingerprint density at radius 3 is 2.67 bits per heavy atom. The van der Waals surface area contributed by atoms with Gasteiger partial charge in [-0.15, -0.1) is 0 Å². The molecule has 1 heterocycles. The number of aromatic nitrogens is 2. The van der Waals surface area contributed by atoms with Gasteiger partial charge in [-0.2, -0.15) is 0 Å². The highest BCUT2D eigenvalue weighted by Crippen LogP contribution is 2.15. The molecule has 3 aromatic rings. The topological polar surface area (TPSA) is 58.4 Å². The van der Waals surface area contributed by atoms with E-state index < -0.39 is 0 Å². The van der Waals surface area contributed by atoms with Gasteiger partial charge in [-0.3, -0.25) is 14.2 Å². The third-order valence-electron chi connectivity index (χ3n) is 4.84. The summed E-state index contributed by atoms with van der Waals surface area (Å²) in [7, 11) is 3.84. The molecule has 2 aromatic carbocycles. The second kappa shape index (κ2) is 9.95. The van der Waals surface area contributed by atoms with Crippen molar-refractivity contribution in [3.8, 4) is 0 Å². The van der Waals surface area contributed by atoms with Gasteiger partial charge >= 0.3 is 0 Å². The van der Waals surface area contributed by atoms with Crippen LogP contribution in [0.4, 0.5) is 4.39 Å². The first-order chi connectivity index (χ1) is 14.3. The molecule has 3 rings (SSSR count). The summed E-state index contributed by atoms with van der Waals surface area (Å²) in [6.07, 6.45) is 1.59. The van der Waals surface area contributed by atoms with Crippen molar-refractivity contribution in [2.75, 3.05) is 27.2 Å². The highest BCUT2D eigenvalue weighted by Gasteiger charge is 2.17. The van der Waals surface area contributed by atoms with Crippen molar-refractivity contribution in [3.05, 3.63) is 75.0 Å². The molecule has 30 heavy (non-hydrogen) atoms. The lowest BCUT2D eigenvalue weighted by atomic mass is 10.2. The zero-order valence-corrected chi connectivity index (χ0v) is 18.6. The number of carbonyl (C=O) groups excluding carboxylic acids is 1. The first-order valence-electron chi connectivity index (χ1n) is 9.66. The van der Waals surface area contributed by atoms with Crippen LogP contribution in [0.5, 0.6) is 0 Å². The van der Waals surface area contributed by atoms with E-state index in [1.54, 1.807) is 35.2 Å². The zero-order chi connectivity index (χ0) is 21.7. The number of nitrogens with zero attached hydrogens (tertiary/aromatic N) is 4. The molecule has 0 spiro atoms. The fourth-order valence-corrected chi connectivity index (χ4v) is 3.47. The summed E-state index contributed by atoms with van der Waals surface area (Å²) in [5, 5.41) is 0.496. The van der Waals surface area contributed by atoms with Gasteiger partial charge in [-0.25, -0.2) is 9.37 Å². The minimum atomic E-state index is -0.333. The van der Waals surface area contributed by atoms with E-state index in [2.05, 4.69) is 20.9 Å². The van der Waals surface area contributed by atoms with Crippen LogP contribution < -0.4 is 5.56 Å². The molecule has 0 aliphatic rings. The molecule has 158 valence electrons. The third kappa shape index (κ3) is 5.52. The van der Waals surface area contributed by atoms with Crippen molar-refractivity contribution in [1.29, 1.82) is 0 Å². The van der Waals surface area contributed by atoms with Gasteiger partial charge in [0.05, 0.1) is 17.2 Å². The molecule has 0 radical (unpaired) electrons. The Morgan fingerprint density at radius 1 is 1.17 bits per heavy atom. The van der Waals surface area contributed by atoms with Crippen molar-refractivity contribution in [2.45, 2.75) is 19.5 Å². The lowest BCUT2D eigenvalue weighted by Gasteiger charge is -2.25. The summed E-state index contributed by atoms with van der Waals surface area (Å²) in [5.74, 6) is -0.470. The number of benzene rings is 2. The summed E-state index contributed by atoms with van der Waals surface area (Å²) < 4.78 is 16.3. The van der Waals surface area contributed by atoms with Gasteiger partial charge in [0.1, 0.15) is 5.82 Å². The van der Waals surface area contributed by atoms with E-state index in [0.717, 1.165) is 4.47 Å². The van der Waals surface area contributed by atoms with E-state index >= 15 is 0 Å². The highest BCUT2D eigenvalue weighted by molar-refractivity contribution is 9.10. The highest BCUT2D eigenvalue weighted by atomic mass is 79.9. The fourth-order valence-electron chi connectivity index (χ4n) is 3.11. The van der Waals surface area contributed by atoms with Crippen LogP contribution >= 0.6 is 15.9 Å².